The van der Waals surface area contributed by atoms with Crippen LogP contribution < -0.4 is 0 Å². The Hall–Kier alpha value is -1.26. The molecule has 1 aliphatic rings. The molecule has 0 N–H and O–H groups in total. The van der Waals surface area contributed by atoms with E-state index in [2.05, 4.69) is 0 Å². The maximum Gasteiger partial charge on any atom is 0.410 e. The summed E-state index contributed by atoms with van der Waals surface area (Å²) in [5.74, 6) is -0.359. The van der Waals surface area contributed by atoms with Crippen molar-refractivity contribution in [1.82, 2.24) is 4.90 Å². The molecule has 1 aromatic carbocycles. The van der Waals surface area contributed by atoms with Gasteiger partial charge in [0.15, 0.2) is 5.78 Å². The average molecular weight is 344 g/mol. The van der Waals surface area contributed by atoms with E-state index in [1.807, 2.05) is 20.8 Å². The number of rotatable bonds is 2. The third kappa shape index (κ3) is 3.93. The van der Waals surface area contributed by atoms with Crippen molar-refractivity contribution in [3.05, 3.63) is 33.8 Å². The number of ketones is 1. The molecule has 1 fully saturated rings. The lowest BCUT2D eigenvalue weighted by atomic mass is 9.97. The van der Waals surface area contributed by atoms with E-state index in [1.54, 1.807) is 23.1 Å². The number of nitrogens with zero attached hydrogens (tertiary/aromatic N) is 1. The number of carbonyl (C=O) groups is 2. The lowest BCUT2D eigenvalue weighted by Crippen LogP contribution is -2.35. The summed E-state index contributed by atoms with van der Waals surface area (Å²) in [4.78, 5) is 26.1. The lowest BCUT2D eigenvalue weighted by molar-refractivity contribution is 0.0289. The summed E-state index contributed by atoms with van der Waals surface area (Å²) >= 11 is 12.0. The molecule has 0 aromatic heterocycles. The number of hydrogen-bond donors (Lipinski definition) is 0. The second kappa shape index (κ2) is 6.47. The van der Waals surface area contributed by atoms with Crippen LogP contribution in [0, 0.1) is 5.92 Å². The number of benzene rings is 1. The second-order valence-electron chi connectivity index (χ2n) is 6.38. The van der Waals surface area contributed by atoms with Crippen molar-refractivity contribution >= 4 is 35.1 Å². The molecule has 1 amide bonds. The zero-order valence-corrected chi connectivity index (χ0v) is 14.4. The third-order valence-electron chi connectivity index (χ3n) is 3.43. The third-order valence-corrected chi connectivity index (χ3v) is 4.25. The molecule has 120 valence electrons. The van der Waals surface area contributed by atoms with Gasteiger partial charge >= 0.3 is 6.09 Å². The van der Waals surface area contributed by atoms with Gasteiger partial charge in [0.25, 0.3) is 0 Å². The molecule has 0 aliphatic carbocycles. The van der Waals surface area contributed by atoms with Crippen molar-refractivity contribution < 1.29 is 14.3 Å². The maximum absolute atomic E-state index is 12.6. The Morgan fingerprint density at radius 1 is 1.27 bits per heavy atom. The van der Waals surface area contributed by atoms with Crippen molar-refractivity contribution in [3.63, 3.8) is 0 Å². The van der Waals surface area contributed by atoms with Gasteiger partial charge < -0.3 is 9.64 Å². The minimum Gasteiger partial charge on any atom is -0.444 e. The van der Waals surface area contributed by atoms with Crippen LogP contribution in [-0.4, -0.2) is 35.5 Å². The largest absolute Gasteiger partial charge is 0.444 e. The van der Waals surface area contributed by atoms with Gasteiger partial charge in [-0.15, -0.1) is 0 Å². The van der Waals surface area contributed by atoms with Crippen molar-refractivity contribution in [2.24, 2.45) is 5.92 Å². The van der Waals surface area contributed by atoms with Gasteiger partial charge in [-0.25, -0.2) is 4.79 Å². The van der Waals surface area contributed by atoms with Crippen molar-refractivity contribution in [3.8, 4) is 0 Å². The summed E-state index contributed by atoms with van der Waals surface area (Å²) in [6.45, 7) is 6.29. The zero-order chi connectivity index (χ0) is 16.5. The first-order valence-electron chi connectivity index (χ1n) is 7.15. The quantitative estimate of drug-likeness (QED) is 0.746. The van der Waals surface area contributed by atoms with Gasteiger partial charge in [0.05, 0.1) is 10.0 Å². The van der Waals surface area contributed by atoms with Gasteiger partial charge in [-0.3, -0.25) is 4.79 Å². The molecular formula is C16H19Cl2NO3. The molecule has 1 aromatic rings. The van der Waals surface area contributed by atoms with E-state index >= 15 is 0 Å². The number of halogens is 2. The monoisotopic (exact) mass is 343 g/mol. The van der Waals surface area contributed by atoms with Crippen molar-refractivity contribution in [2.45, 2.75) is 32.8 Å². The van der Waals surface area contributed by atoms with Gasteiger partial charge in [0.1, 0.15) is 5.60 Å². The molecule has 1 atom stereocenters. The number of hydrogen-bond acceptors (Lipinski definition) is 3. The molecule has 2 rings (SSSR count). The van der Waals surface area contributed by atoms with Crippen LogP contribution in [0.5, 0.6) is 0 Å². The van der Waals surface area contributed by atoms with Gasteiger partial charge in [-0.2, -0.15) is 0 Å². The molecular weight excluding hydrogens is 325 g/mol. The first kappa shape index (κ1) is 17.1. The number of likely N-dealkylation sites (tertiary alicyclic amines) is 1. The molecule has 0 radical (unpaired) electrons. The van der Waals surface area contributed by atoms with E-state index in [9.17, 15) is 9.59 Å². The number of carbonyl (C=O) groups excluding carboxylic acids is 2. The smallest absolute Gasteiger partial charge is 0.410 e. The Kier molecular flexibility index (Phi) is 5.03. The van der Waals surface area contributed by atoms with E-state index in [0.29, 0.717) is 30.1 Å². The fourth-order valence-corrected chi connectivity index (χ4v) is 2.77. The molecule has 6 heteroatoms. The first-order chi connectivity index (χ1) is 10.2. The van der Waals surface area contributed by atoms with Crippen LogP contribution >= 0.6 is 23.2 Å². The first-order valence-corrected chi connectivity index (χ1v) is 7.91. The summed E-state index contributed by atoms with van der Waals surface area (Å²) in [5.41, 5.74) is -0.139. The Morgan fingerprint density at radius 3 is 2.59 bits per heavy atom. The number of Topliss-reactive ketones (excluding diaryl/α,β-unsaturated/α-hetero) is 1. The predicted octanol–water partition coefficient (Wildman–Crippen LogP) is 4.43. The molecule has 22 heavy (non-hydrogen) atoms. The van der Waals surface area contributed by atoms with Gasteiger partial charge in [0.2, 0.25) is 0 Å². The van der Waals surface area contributed by atoms with Gasteiger partial charge in [-0.05, 0) is 39.3 Å². The highest BCUT2D eigenvalue weighted by Gasteiger charge is 2.34. The summed E-state index contributed by atoms with van der Waals surface area (Å²) in [7, 11) is 0. The lowest BCUT2D eigenvalue weighted by Gasteiger charge is -2.24. The summed E-state index contributed by atoms with van der Waals surface area (Å²) in [6.07, 6.45) is 0.209. The van der Waals surface area contributed by atoms with Crippen LogP contribution in [0.15, 0.2) is 18.2 Å². The highest BCUT2D eigenvalue weighted by molar-refractivity contribution is 6.44. The fourth-order valence-electron chi connectivity index (χ4n) is 2.38. The SMILES string of the molecule is CC(C)(C)OC(=O)N1CCC(C(=O)c2cccc(Cl)c2Cl)C1. The molecule has 1 heterocycles. The summed E-state index contributed by atoms with van der Waals surface area (Å²) in [6, 6.07) is 5.00. The molecule has 1 unspecified atom stereocenters. The molecule has 0 spiro atoms. The Balaban J connectivity index is 2.05. The minimum absolute atomic E-state index is 0.0847. The molecule has 1 aliphatic heterocycles. The van der Waals surface area contributed by atoms with E-state index in [1.165, 1.54) is 0 Å². The van der Waals surface area contributed by atoms with Gasteiger partial charge in [-0.1, -0.05) is 29.3 Å². The summed E-state index contributed by atoms with van der Waals surface area (Å²) in [5, 5.41) is 0.624. The standard InChI is InChI=1S/C16H19Cl2NO3/c1-16(2,3)22-15(21)19-8-7-10(9-19)14(20)11-5-4-6-12(17)13(11)18/h4-6,10H,7-9H2,1-3H3. The highest BCUT2D eigenvalue weighted by Crippen LogP contribution is 2.30. The fraction of sp³-hybridized carbons (Fsp3) is 0.500. The molecule has 1 saturated heterocycles. The van der Waals surface area contributed by atoms with Crippen LogP contribution in [0.1, 0.15) is 37.6 Å². The Labute approximate surface area is 140 Å². The maximum atomic E-state index is 12.6. The highest BCUT2D eigenvalue weighted by atomic mass is 35.5. The molecule has 0 bridgehead atoms. The number of ether oxygens (including phenoxy) is 1. The topological polar surface area (TPSA) is 46.6 Å². The van der Waals surface area contributed by atoms with Crippen molar-refractivity contribution in [1.29, 1.82) is 0 Å². The van der Waals surface area contributed by atoms with Crippen molar-refractivity contribution in [2.75, 3.05) is 13.1 Å². The predicted molar refractivity (Wildman–Crippen MR) is 86.7 cm³/mol. The van der Waals surface area contributed by atoms with E-state index < -0.39 is 5.60 Å². The van der Waals surface area contributed by atoms with E-state index in [0.717, 1.165) is 0 Å². The Bertz CT molecular complexity index is 596. The van der Waals surface area contributed by atoms with Crippen LogP contribution in [0.2, 0.25) is 10.0 Å². The van der Waals surface area contributed by atoms with E-state index in [-0.39, 0.29) is 22.8 Å². The minimum atomic E-state index is -0.546. The van der Waals surface area contributed by atoms with Crippen LogP contribution in [0.25, 0.3) is 0 Å². The molecule has 4 nitrogen and oxygen atoms in total. The normalized spacial score (nSPS) is 18.4. The van der Waals surface area contributed by atoms with Crippen LogP contribution in [-0.2, 0) is 4.74 Å². The van der Waals surface area contributed by atoms with Crippen LogP contribution in [0.3, 0.4) is 0 Å². The average Bonchev–Trinajstić information content (AvgIpc) is 2.89. The zero-order valence-electron chi connectivity index (χ0n) is 12.9. The Morgan fingerprint density at radius 2 is 1.95 bits per heavy atom. The number of amides is 1. The summed E-state index contributed by atoms with van der Waals surface area (Å²) < 4.78 is 5.33. The second-order valence-corrected chi connectivity index (χ2v) is 7.16. The van der Waals surface area contributed by atoms with Crippen LogP contribution in [0.4, 0.5) is 4.79 Å². The van der Waals surface area contributed by atoms with Gasteiger partial charge in [0, 0.05) is 24.6 Å². The molecule has 0 saturated carbocycles. The van der Waals surface area contributed by atoms with E-state index in [4.69, 9.17) is 27.9 Å².